The third-order valence-electron chi connectivity index (χ3n) is 1.22. The number of rotatable bonds is 1. The van der Waals surface area contributed by atoms with E-state index in [0.29, 0.717) is 5.92 Å². The van der Waals surface area contributed by atoms with Crippen molar-refractivity contribution < 1.29 is 0 Å². The van der Waals surface area contributed by atoms with Gasteiger partial charge in [-0.05, 0) is 30.4 Å². The molecule has 1 aromatic rings. The van der Waals surface area contributed by atoms with Crippen LogP contribution in [0.1, 0.15) is 44.2 Å². The Morgan fingerprint density at radius 2 is 1.91 bits per heavy atom. The van der Waals surface area contributed by atoms with Gasteiger partial charge in [0.2, 0.25) is 0 Å². The number of aryl methyl sites for hydroxylation is 1. The van der Waals surface area contributed by atoms with Crippen LogP contribution in [0, 0.1) is 6.92 Å². The Labute approximate surface area is 73.6 Å². The molecule has 0 radical (unpaired) electrons. The number of hydrogen-bond donors (Lipinski definition) is 0. The number of hydrogen-bond acceptors (Lipinski definition) is 2. The molecule has 0 aliphatic rings. The van der Waals surface area contributed by atoms with Crippen molar-refractivity contribution in [2.75, 3.05) is 0 Å². The molecule has 0 atom stereocenters. The van der Waals surface area contributed by atoms with E-state index in [1.54, 1.807) is 11.5 Å². The summed E-state index contributed by atoms with van der Waals surface area (Å²) in [5, 5.41) is 0. The van der Waals surface area contributed by atoms with Crippen molar-refractivity contribution >= 4 is 11.5 Å². The van der Waals surface area contributed by atoms with Gasteiger partial charge in [-0.1, -0.05) is 27.7 Å². The summed E-state index contributed by atoms with van der Waals surface area (Å²) in [7, 11) is 0. The molecule has 0 saturated carbocycles. The molecule has 0 aromatic carbocycles. The van der Waals surface area contributed by atoms with Gasteiger partial charge in [0.05, 0.1) is 5.69 Å². The van der Waals surface area contributed by atoms with Crippen molar-refractivity contribution in [2.45, 2.75) is 40.5 Å². The molecule has 0 unspecified atom stereocenters. The first-order valence-corrected chi connectivity index (χ1v) is 4.90. The minimum atomic E-state index is 0.635. The monoisotopic (exact) mass is 171 g/mol. The number of nitrogens with zero attached hydrogens (tertiary/aromatic N) is 1. The molecule has 1 nitrogen and oxygen atoms in total. The van der Waals surface area contributed by atoms with Crippen LogP contribution in [-0.2, 0) is 0 Å². The van der Waals surface area contributed by atoms with Crippen LogP contribution in [-0.4, -0.2) is 4.37 Å². The Hall–Kier alpha value is -0.370. The number of aromatic nitrogens is 1. The molecule has 0 amide bonds. The Balaban J connectivity index is 0.000000461. The molecule has 0 saturated heterocycles. The highest BCUT2D eigenvalue weighted by atomic mass is 32.1. The highest BCUT2D eigenvalue weighted by Crippen LogP contribution is 2.18. The quantitative estimate of drug-likeness (QED) is 0.629. The fourth-order valence-corrected chi connectivity index (χ4v) is 1.39. The summed E-state index contributed by atoms with van der Waals surface area (Å²) in [4.78, 5) is 1.38. The van der Waals surface area contributed by atoms with Crippen LogP contribution >= 0.6 is 11.5 Å². The van der Waals surface area contributed by atoms with E-state index in [-0.39, 0.29) is 0 Å². The van der Waals surface area contributed by atoms with Gasteiger partial charge in [-0.3, -0.25) is 0 Å². The molecule has 1 aromatic heterocycles. The van der Waals surface area contributed by atoms with Crippen LogP contribution in [0.25, 0.3) is 0 Å². The normalized spacial score (nSPS) is 9.27. The highest BCUT2D eigenvalue weighted by Gasteiger charge is 2.00. The topological polar surface area (TPSA) is 12.9 Å². The molecule has 0 N–H and O–H groups in total. The summed E-state index contributed by atoms with van der Waals surface area (Å²) in [6.07, 6.45) is 0. The third kappa shape index (κ3) is 3.51. The first kappa shape index (κ1) is 10.6. The van der Waals surface area contributed by atoms with Crippen LogP contribution < -0.4 is 0 Å². The predicted octanol–water partition coefficient (Wildman–Crippen LogP) is 3.60. The Morgan fingerprint density at radius 3 is 2.09 bits per heavy atom. The van der Waals surface area contributed by atoms with Crippen LogP contribution in [0.2, 0.25) is 0 Å². The molecule has 64 valence electrons. The zero-order valence-corrected chi connectivity index (χ0v) is 8.83. The van der Waals surface area contributed by atoms with Crippen LogP contribution in [0.4, 0.5) is 0 Å². The Bertz CT molecular complexity index is 191. The zero-order chi connectivity index (χ0) is 8.85. The maximum absolute atomic E-state index is 4.18. The van der Waals surface area contributed by atoms with Gasteiger partial charge < -0.3 is 0 Å². The van der Waals surface area contributed by atoms with E-state index in [0.717, 1.165) is 5.69 Å². The van der Waals surface area contributed by atoms with Gasteiger partial charge >= 0.3 is 0 Å². The standard InChI is InChI=1S/C7H11NS.C2H6/c1-5(2)7-4-6(3)8-9-7;1-2/h4-5H,1-3H3;1-2H3. The molecule has 0 aliphatic heterocycles. The van der Waals surface area contributed by atoms with Crippen molar-refractivity contribution in [1.82, 2.24) is 4.37 Å². The highest BCUT2D eigenvalue weighted by molar-refractivity contribution is 7.05. The smallest absolute Gasteiger partial charge is 0.0514 e. The predicted molar refractivity (Wildman–Crippen MR) is 52.3 cm³/mol. The van der Waals surface area contributed by atoms with Gasteiger partial charge in [0, 0.05) is 4.88 Å². The van der Waals surface area contributed by atoms with Gasteiger partial charge in [-0.2, -0.15) is 4.37 Å². The molecule has 0 fully saturated rings. The van der Waals surface area contributed by atoms with Crippen LogP contribution in [0.15, 0.2) is 6.07 Å². The second-order valence-corrected chi connectivity index (χ2v) is 3.36. The van der Waals surface area contributed by atoms with E-state index in [2.05, 4.69) is 24.3 Å². The summed E-state index contributed by atoms with van der Waals surface area (Å²) >= 11 is 1.61. The Kier molecular flexibility index (Phi) is 5.12. The summed E-state index contributed by atoms with van der Waals surface area (Å²) in [6.45, 7) is 10.4. The summed E-state index contributed by atoms with van der Waals surface area (Å²) in [5.41, 5.74) is 1.14. The lowest BCUT2D eigenvalue weighted by atomic mass is 10.2. The van der Waals surface area contributed by atoms with Gasteiger partial charge in [-0.25, -0.2) is 0 Å². The van der Waals surface area contributed by atoms with Crippen molar-refractivity contribution in [3.63, 3.8) is 0 Å². The molecule has 0 bridgehead atoms. The second kappa shape index (κ2) is 5.30. The van der Waals surface area contributed by atoms with Crippen molar-refractivity contribution in [1.29, 1.82) is 0 Å². The van der Waals surface area contributed by atoms with E-state index in [1.807, 2.05) is 20.8 Å². The second-order valence-electron chi connectivity index (χ2n) is 2.53. The van der Waals surface area contributed by atoms with Gasteiger partial charge in [0.25, 0.3) is 0 Å². The fraction of sp³-hybridized carbons (Fsp3) is 0.667. The van der Waals surface area contributed by atoms with E-state index in [1.165, 1.54) is 4.88 Å². The van der Waals surface area contributed by atoms with Gasteiger partial charge in [0.15, 0.2) is 0 Å². The molecule has 2 heteroatoms. The molecule has 11 heavy (non-hydrogen) atoms. The lowest BCUT2D eigenvalue weighted by Crippen LogP contribution is -1.77. The lowest BCUT2D eigenvalue weighted by Gasteiger charge is -1.94. The summed E-state index contributed by atoms with van der Waals surface area (Å²) in [6, 6.07) is 2.15. The maximum Gasteiger partial charge on any atom is 0.0514 e. The van der Waals surface area contributed by atoms with Gasteiger partial charge in [-0.15, -0.1) is 0 Å². The maximum atomic E-state index is 4.18. The summed E-state index contributed by atoms with van der Waals surface area (Å²) in [5.74, 6) is 0.635. The molecular weight excluding hydrogens is 154 g/mol. The minimum Gasteiger partial charge on any atom is -0.198 e. The zero-order valence-electron chi connectivity index (χ0n) is 8.01. The fourth-order valence-electron chi connectivity index (χ4n) is 0.655. The molecule has 0 aliphatic carbocycles. The van der Waals surface area contributed by atoms with E-state index >= 15 is 0 Å². The van der Waals surface area contributed by atoms with Crippen molar-refractivity contribution in [3.8, 4) is 0 Å². The average Bonchev–Trinajstić information content (AvgIpc) is 2.40. The lowest BCUT2D eigenvalue weighted by molar-refractivity contribution is 0.889. The van der Waals surface area contributed by atoms with Gasteiger partial charge in [0.1, 0.15) is 0 Å². The molecule has 1 rings (SSSR count). The van der Waals surface area contributed by atoms with E-state index in [4.69, 9.17) is 0 Å². The first-order valence-electron chi connectivity index (χ1n) is 4.13. The van der Waals surface area contributed by atoms with Crippen LogP contribution in [0.3, 0.4) is 0 Å². The largest absolute Gasteiger partial charge is 0.198 e. The molecule has 1 heterocycles. The van der Waals surface area contributed by atoms with E-state index < -0.39 is 0 Å². The van der Waals surface area contributed by atoms with Crippen molar-refractivity contribution in [2.24, 2.45) is 0 Å². The molecular formula is C9H17NS. The minimum absolute atomic E-state index is 0.635. The first-order chi connectivity index (χ1) is 5.20. The average molecular weight is 171 g/mol. The molecule has 0 spiro atoms. The van der Waals surface area contributed by atoms with E-state index in [9.17, 15) is 0 Å². The van der Waals surface area contributed by atoms with Crippen molar-refractivity contribution in [3.05, 3.63) is 16.6 Å². The third-order valence-corrected chi connectivity index (χ3v) is 2.39. The summed E-state index contributed by atoms with van der Waals surface area (Å²) < 4.78 is 4.18. The SMILES string of the molecule is CC.Cc1cc(C(C)C)sn1. The Morgan fingerprint density at radius 1 is 1.36 bits per heavy atom. The van der Waals surface area contributed by atoms with Crippen LogP contribution in [0.5, 0.6) is 0 Å².